The Bertz CT molecular complexity index is 550. The van der Waals surface area contributed by atoms with Gasteiger partial charge in [-0.25, -0.2) is 0 Å². The molecule has 0 heterocycles. The van der Waals surface area contributed by atoms with Gasteiger partial charge in [0.2, 0.25) is 0 Å². The minimum absolute atomic E-state index is 0.617. The van der Waals surface area contributed by atoms with Crippen LogP contribution in [0.3, 0.4) is 0 Å². The zero-order valence-corrected chi connectivity index (χ0v) is 13.5. The molecular weight excluding hydrogens is 276 g/mol. The Kier molecular flexibility index (Phi) is 6.10. The maximum atomic E-state index is 5.68. The molecule has 0 aliphatic heterocycles. The molecule has 0 saturated heterocycles. The molecule has 1 N–H and O–H groups in total. The number of hydrogen-bond donors (Lipinski definition) is 1. The zero-order valence-electron chi connectivity index (χ0n) is 13.5. The molecule has 2 rings (SSSR count). The summed E-state index contributed by atoms with van der Waals surface area (Å²) < 4.78 is 10.8. The monoisotopic (exact) mass is 300 g/mol. The van der Waals surface area contributed by atoms with Crippen molar-refractivity contribution in [3.63, 3.8) is 0 Å². The van der Waals surface area contributed by atoms with E-state index in [1.165, 1.54) is 5.56 Å². The molecule has 118 valence electrons. The van der Waals surface area contributed by atoms with Crippen LogP contribution in [0.5, 0.6) is 11.5 Å². The van der Waals surface area contributed by atoms with Crippen LogP contribution in [0.4, 0.5) is 5.69 Å². The van der Waals surface area contributed by atoms with Crippen LogP contribution in [0.2, 0.25) is 0 Å². The number of rotatable bonds is 8. The van der Waals surface area contributed by atoms with Crippen molar-refractivity contribution < 1.29 is 9.47 Å². The Morgan fingerprint density at radius 2 is 1.55 bits per heavy atom. The zero-order chi connectivity index (χ0) is 15.8. The van der Waals surface area contributed by atoms with Crippen molar-refractivity contribution in [1.29, 1.82) is 0 Å². The lowest BCUT2D eigenvalue weighted by molar-refractivity contribution is 0.332. The number of nitrogens with one attached hydrogen (secondary N) is 1. The predicted molar refractivity (Wildman–Crippen MR) is 90.8 cm³/mol. The van der Waals surface area contributed by atoms with Gasteiger partial charge in [0, 0.05) is 18.8 Å². The molecule has 0 bridgehead atoms. The van der Waals surface area contributed by atoms with Gasteiger partial charge < -0.3 is 19.7 Å². The summed E-state index contributed by atoms with van der Waals surface area (Å²) in [6.45, 7) is 2.34. The Hall–Kier alpha value is -2.20. The highest BCUT2D eigenvalue weighted by molar-refractivity contribution is 5.44. The summed E-state index contributed by atoms with van der Waals surface area (Å²) in [6, 6.07) is 16.1. The van der Waals surface area contributed by atoms with Gasteiger partial charge in [-0.1, -0.05) is 12.1 Å². The highest BCUT2D eigenvalue weighted by Gasteiger charge is 1.97. The van der Waals surface area contributed by atoms with Gasteiger partial charge in [0.25, 0.3) is 0 Å². The summed E-state index contributed by atoms with van der Waals surface area (Å²) in [4.78, 5) is 2.16. The summed E-state index contributed by atoms with van der Waals surface area (Å²) in [5.74, 6) is 1.69. The van der Waals surface area contributed by atoms with E-state index in [1.54, 1.807) is 7.11 Å². The second-order valence-corrected chi connectivity index (χ2v) is 5.39. The Morgan fingerprint density at radius 1 is 0.909 bits per heavy atom. The molecule has 0 amide bonds. The van der Waals surface area contributed by atoms with E-state index in [4.69, 9.17) is 9.47 Å². The number of ether oxygens (including phenoxy) is 2. The third-order valence-corrected chi connectivity index (χ3v) is 3.21. The van der Waals surface area contributed by atoms with Gasteiger partial charge in [-0.3, -0.25) is 0 Å². The van der Waals surface area contributed by atoms with Gasteiger partial charge in [0.05, 0.1) is 7.11 Å². The van der Waals surface area contributed by atoms with Crippen LogP contribution in [0, 0.1) is 0 Å². The standard InChI is InChI=1S/C18H24N2O2/c1-20(2)14-15-4-6-16(7-5-15)19-12-13-22-18-10-8-17(21-3)9-11-18/h4-11,19H,12-14H2,1-3H3. The maximum absolute atomic E-state index is 5.68. The van der Waals surface area contributed by atoms with Crippen LogP contribution < -0.4 is 14.8 Å². The molecule has 0 fully saturated rings. The summed E-state index contributed by atoms with van der Waals surface area (Å²) in [7, 11) is 5.80. The van der Waals surface area contributed by atoms with Gasteiger partial charge in [0.1, 0.15) is 18.1 Å². The molecule has 2 aromatic rings. The molecule has 4 heteroatoms. The molecule has 0 unspecified atom stereocenters. The summed E-state index contributed by atoms with van der Waals surface area (Å²) in [5, 5.41) is 3.35. The summed E-state index contributed by atoms with van der Waals surface area (Å²) in [5.41, 5.74) is 2.42. The van der Waals surface area contributed by atoms with Crippen molar-refractivity contribution in [3.05, 3.63) is 54.1 Å². The molecule has 0 radical (unpaired) electrons. The quantitative estimate of drug-likeness (QED) is 0.759. The predicted octanol–water partition coefficient (Wildman–Crippen LogP) is 3.25. The van der Waals surface area contributed by atoms with Crippen molar-refractivity contribution >= 4 is 5.69 Å². The molecule has 0 saturated carbocycles. The Morgan fingerprint density at radius 3 is 2.14 bits per heavy atom. The fourth-order valence-corrected chi connectivity index (χ4v) is 2.13. The average Bonchev–Trinajstić information content (AvgIpc) is 2.53. The first kappa shape index (κ1) is 16.2. The smallest absolute Gasteiger partial charge is 0.119 e. The molecule has 0 spiro atoms. The van der Waals surface area contributed by atoms with Crippen LogP contribution >= 0.6 is 0 Å². The second-order valence-electron chi connectivity index (χ2n) is 5.39. The third-order valence-electron chi connectivity index (χ3n) is 3.21. The molecular formula is C18H24N2O2. The van der Waals surface area contributed by atoms with E-state index in [0.717, 1.165) is 30.3 Å². The number of hydrogen-bond acceptors (Lipinski definition) is 4. The van der Waals surface area contributed by atoms with Crippen LogP contribution in [0.1, 0.15) is 5.56 Å². The molecule has 0 aromatic heterocycles. The van der Waals surface area contributed by atoms with E-state index in [1.807, 2.05) is 24.3 Å². The summed E-state index contributed by atoms with van der Waals surface area (Å²) >= 11 is 0. The highest BCUT2D eigenvalue weighted by atomic mass is 16.5. The van der Waals surface area contributed by atoms with Crippen LogP contribution in [0.15, 0.2) is 48.5 Å². The van der Waals surface area contributed by atoms with Crippen LogP contribution in [-0.2, 0) is 6.54 Å². The van der Waals surface area contributed by atoms with Crippen LogP contribution in [0.25, 0.3) is 0 Å². The first-order valence-electron chi connectivity index (χ1n) is 7.42. The van der Waals surface area contributed by atoms with Gasteiger partial charge in [0.15, 0.2) is 0 Å². The number of anilines is 1. The SMILES string of the molecule is COc1ccc(OCCNc2ccc(CN(C)C)cc2)cc1. The van der Waals surface area contributed by atoms with Crippen molar-refractivity contribution in [2.45, 2.75) is 6.54 Å². The van der Waals surface area contributed by atoms with E-state index < -0.39 is 0 Å². The first-order valence-corrected chi connectivity index (χ1v) is 7.42. The number of benzene rings is 2. The first-order chi connectivity index (χ1) is 10.7. The van der Waals surface area contributed by atoms with Crippen molar-refractivity contribution in [2.75, 3.05) is 39.7 Å². The van der Waals surface area contributed by atoms with E-state index in [0.29, 0.717) is 6.61 Å². The van der Waals surface area contributed by atoms with Gasteiger partial charge in [-0.15, -0.1) is 0 Å². The Balaban J connectivity index is 1.71. The lowest BCUT2D eigenvalue weighted by atomic mass is 10.2. The largest absolute Gasteiger partial charge is 0.497 e. The van der Waals surface area contributed by atoms with Crippen LogP contribution in [-0.4, -0.2) is 39.3 Å². The normalized spacial score (nSPS) is 10.5. The Labute approximate surface area is 132 Å². The minimum Gasteiger partial charge on any atom is -0.497 e. The maximum Gasteiger partial charge on any atom is 0.119 e. The number of nitrogens with zero attached hydrogens (tertiary/aromatic N) is 1. The fraction of sp³-hybridized carbons (Fsp3) is 0.333. The third kappa shape index (κ3) is 5.30. The van der Waals surface area contributed by atoms with E-state index in [2.05, 4.69) is 48.6 Å². The van der Waals surface area contributed by atoms with Gasteiger partial charge in [-0.05, 0) is 56.1 Å². The molecule has 0 aliphatic rings. The summed E-state index contributed by atoms with van der Waals surface area (Å²) in [6.07, 6.45) is 0. The van der Waals surface area contributed by atoms with Gasteiger partial charge >= 0.3 is 0 Å². The fourth-order valence-electron chi connectivity index (χ4n) is 2.13. The van der Waals surface area contributed by atoms with Crippen molar-refractivity contribution in [3.8, 4) is 11.5 Å². The molecule has 22 heavy (non-hydrogen) atoms. The lowest BCUT2D eigenvalue weighted by Crippen LogP contribution is -2.12. The van der Waals surface area contributed by atoms with Gasteiger partial charge in [-0.2, -0.15) is 0 Å². The molecule has 0 atom stereocenters. The van der Waals surface area contributed by atoms with E-state index >= 15 is 0 Å². The lowest BCUT2D eigenvalue weighted by Gasteiger charge is -2.11. The molecule has 4 nitrogen and oxygen atoms in total. The minimum atomic E-state index is 0.617. The topological polar surface area (TPSA) is 33.7 Å². The average molecular weight is 300 g/mol. The second kappa shape index (κ2) is 8.29. The molecule has 0 aliphatic carbocycles. The van der Waals surface area contributed by atoms with Crippen molar-refractivity contribution in [2.24, 2.45) is 0 Å². The van der Waals surface area contributed by atoms with E-state index in [-0.39, 0.29) is 0 Å². The highest BCUT2D eigenvalue weighted by Crippen LogP contribution is 2.17. The van der Waals surface area contributed by atoms with E-state index in [9.17, 15) is 0 Å². The van der Waals surface area contributed by atoms with Crippen molar-refractivity contribution in [1.82, 2.24) is 4.90 Å². The number of methoxy groups -OCH3 is 1. The molecule has 2 aromatic carbocycles.